The molecule has 1 heterocycles. The van der Waals surface area contributed by atoms with Gasteiger partial charge in [0.2, 0.25) is 0 Å². The third kappa shape index (κ3) is 3.37. The molecule has 0 N–H and O–H groups in total. The van der Waals surface area contributed by atoms with Crippen LogP contribution in [0, 0.1) is 0 Å². The van der Waals surface area contributed by atoms with Gasteiger partial charge in [0.15, 0.2) is 0 Å². The van der Waals surface area contributed by atoms with Crippen LogP contribution < -0.4 is 4.74 Å². The summed E-state index contributed by atoms with van der Waals surface area (Å²) in [5.41, 5.74) is 1.90. The van der Waals surface area contributed by atoms with Gasteiger partial charge in [-0.15, -0.1) is 11.6 Å². The van der Waals surface area contributed by atoms with Crippen molar-refractivity contribution >= 4 is 23.2 Å². The number of hydrogen-bond acceptors (Lipinski definition) is 2. The van der Waals surface area contributed by atoms with Crippen LogP contribution in [-0.2, 0) is 12.3 Å². The van der Waals surface area contributed by atoms with Crippen molar-refractivity contribution in [1.82, 2.24) is 4.98 Å². The fourth-order valence-corrected chi connectivity index (χ4v) is 2.08. The van der Waals surface area contributed by atoms with Crippen LogP contribution in [0.5, 0.6) is 5.75 Å². The Labute approximate surface area is 117 Å². The SMILES string of the molecule is ClCc1cccc(Cl)c1OCCc1ccccn1. The molecule has 2 aromatic rings. The molecular formula is C14H13Cl2NO. The highest BCUT2D eigenvalue weighted by molar-refractivity contribution is 6.32. The summed E-state index contributed by atoms with van der Waals surface area (Å²) >= 11 is 11.9. The number of alkyl halides is 1. The zero-order chi connectivity index (χ0) is 12.8. The van der Waals surface area contributed by atoms with E-state index < -0.39 is 0 Å². The van der Waals surface area contributed by atoms with E-state index in [1.54, 1.807) is 12.3 Å². The highest BCUT2D eigenvalue weighted by atomic mass is 35.5. The summed E-state index contributed by atoms with van der Waals surface area (Å²) in [4.78, 5) is 4.24. The second-order valence-electron chi connectivity index (χ2n) is 3.78. The van der Waals surface area contributed by atoms with Crippen LogP contribution in [0.15, 0.2) is 42.6 Å². The maximum Gasteiger partial charge on any atom is 0.142 e. The monoisotopic (exact) mass is 281 g/mol. The first-order valence-electron chi connectivity index (χ1n) is 5.67. The van der Waals surface area contributed by atoms with Crippen LogP contribution in [0.1, 0.15) is 11.3 Å². The molecule has 2 rings (SSSR count). The number of para-hydroxylation sites is 1. The molecule has 0 fully saturated rings. The summed E-state index contributed by atoms with van der Waals surface area (Å²) in [6.45, 7) is 0.532. The second kappa shape index (κ2) is 6.62. The fourth-order valence-electron chi connectivity index (χ4n) is 1.62. The van der Waals surface area contributed by atoms with Gasteiger partial charge in [0.25, 0.3) is 0 Å². The third-order valence-corrected chi connectivity index (χ3v) is 3.11. The predicted octanol–water partition coefficient (Wildman–Crippen LogP) is 4.10. The van der Waals surface area contributed by atoms with Crippen LogP contribution in [0.3, 0.4) is 0 Å². The number of halogens is 2. The van der Waals surface area contributed by atoms with Gasteiger partial charge in [-0.05, 0) is 18.2 Å². The number of rotatable bonds is 5. The van der Waals surface area contributed by atoms with Crippen molar-refractivity contribution < 1.29 is 4.74 Å². The standard InChI is InChI=1S/C14H13Cl2NO/c15-10-11-4-3-6-13(16)14(11)18-9-7-12-5-1-2-8-17-12/h1-6,8H,7,9-10H2. The van der Waals surface area contributed by atoms with Gasteiger partial charge in [-0.2, -0.15) is 0 Å². The first-order valence-corrected chi connectivity index (χ1v) is 6.58. The zero-order valence-corrected chi connectivity index (χ0v) is 11.3. The Hall–Kier alpha value is -1.25. The first-order chi connectivity index (χ1) is 8.81. The minimum absolute atomic E-state index is 0.388. The van der Waals surface area contributed by atoms with E-state index in [0.29, 0.717) is 23.3 Å². The molecule has 94 valence electrons. The maximum atomic E-state index is 6.09. The van der Waals surface area contributed by atoms with Crippen molar-refractivity contribution in [3.8, 4) is 5.75 Å². The number of nitrogens with zero attached hydrogens (tertiary/aromatic N) is 1. The molecular weight excluding hydrogens is 269 g/mol. The Balaban J connectivity index is 1.98. The summed E-state index contributed by atoms with van der Waals surface area (Å²) in [7, 11) is 0. The Bertz CT molecular complexity index is 502. The molecule has 1 aromatic carbocycles. The summed E-state index contributed by atoms with van der Waals surface area (Å²) in [5, 5.41) is 0.592. The largest absolute Gasteiger partial charge is 0.491 e. The second-order valence-corrected chi connectivity index (χ2v) is 4.46. The summed E-state index contributed by atoms with van der Waals surface area (Å²) in [5.74, 6) is 1.06. The number of hydrogen-bond donors (Lipinski definition) is 0. The van der Waals surface area contributed by atoms with Crippen LogP contribution in [-0.4, -0.2) is 11.6 Å². The lowest BCUT2D eigenvalue weighted by molar-refractivity contribution is 0.318. The lowest BCUT2D eigenvalue weighted by Gasteiger charge is -2.11. The van der Waals surface area contributed by atoms with E-state index in [0.717, 1.165) is 17.7 Å². The maximum absolute atomic E-state index is 6.09. The predicted molar refractivity (Wildman–Crippen MR) is 74.4 cm³/mol. The molecule has 0 aliphatic heterocycles. The Morgan fingerprint density at radius 3 is 2.72 bits per heavy atom. The lowest BCUT2D eigenvalue weighted by Crippen LogP contribution is -2.04. The van der Waals surface area contributed by atoms with Gasteiger partial charge in [-0.1, -0.05) is 29.8 Å². The van der Waals surface area contributed by atoms with E-state index in [2.05, 4.69) is 4.98 Å². The van der Waals surface area contributed by atoms with E-state index >= 15 is 0 Å². The summed E-state index contributed by atoms with van der Waals surface area (Å²) in [6.07, 6.45) is 2.52. The van der Waals surface area contributed by atoms with Crippen LogP contribution in [0.4, 0.5) is 0 Å². The van der Waals surface area contributed by atoms with Gasteiger partial charge < -0.3 is 4.74 Å². The van der Waals surface area contributed by atoms with Gasteiger partial charge in [0.1, 0.15) is 5.75 Å². The average Bonchev–Trinajstić information content (AvgIpc) is 2.41. The van der Waals surface area contributed by atoms with Crippen molar-refractivity contribution in [2.45, 2.75) is 12.3 Å². The van der Waals surface area contributed by atoms with E-state index in [-0.39, 0.29) is 0 Å². The summed E-state index contributed by atoms with van der Waals surface area (Å²) < 4.78 is 5.71. The van der Waals surface area contributed by atoms with Crippen molar-refractivity contribution in [1.29, 1.82) is 0 Å². The number of ether oxygens (including phenoxy) is 1. The molecule has 2 nitrogen and oxygen atoms in total. The normalized spacial score (nSPS) is 10.3. The molecule has 0 radical (unpaired) electrons. The van der Waals surface area contributed by atoms with Gasteiger partial charge >= 0.3 is 0 Å². The minimum atomic E-state index is 0.388. The average molecular weight is 282 g/mol. The van der Waals surface area contributed by atoms with Gasteiger partial charge in [-0.25, -0.2) is 0 Å². The summed E-state index contributed by atoms with van der Waals surface area (Å²) in [6, 6.07) is 11.4. The molecule has 4 heteroatoms. The smallest absolute Gasteiger partial charge is 0.142 e. The van der Waals surface area contributed by atoms with Crippen molar-refractivity contribution in [3.63, 3.8) is 0 Å². The Kier molecular flexibility index (Phi) is 4.85. The quantitative estimate of drug-likeness (QED) is 0.770. The topological polar surface area (TPSA) is 22.1 Å². The van der Waals surface area contributed by atoms with Crippen molar-refractivity contribution in [2.24, 2.45) is 0 Å². The first kappa shape index (κ1) is 13.2. The number of benzene rings is 1. The molecule has 0 saturated heterocycles. The molecule has 0 atom stereocenters. The molecule has 0 amide bonds. The van der Waals surface area contributed by atoms with E-state index in [1.165, 1.54) is 0 Å². The Morgan fingerprint density at radius 1 is 1.11 bits per heavy atom. The van der Waals surface area contributed by atoms with Crippen LogP contribution in [0.2, 0.25) is 5.02 Å². The minimum Gasteiger partial charge on any atom is -0.491 e. The van der Waals surface area contributed by atoms with Crippen LogP contribution >= 0.6 is 23.2 Å². The molecule has 1 aromatic heterocycles. The lowest BCUT2D eigenvalue weighted by atomic mass is 10.2. The fraction of sp³-hybridized carbons (Fsp3) is 0.214. The third-order valence-electron chi connectivity index (χ3n) is 2.52. The molecule has 18 heavy (non-hydrogen) atoms. The molecule has 0 unspecified atom stereocenters. The zero-order valence-electron chi connectivity index (χ0n) is 9.77. The van der Waals surface area contributed by atoms with E-state index in [4.69, 9.17) is 27.9 Å². The molecule has 0 spiro atoms. The highest BCUT2D eigenvalue weighted by Crippen LogP contribution is 2.29. The van der Waals surface area contributed by atoms with E-state index in [1.807, 2.05) is 30.3 Å². The van der Waals surface area contributed by atoms with E-state index in [9.17, 15) is 0 Å². The van der Waals surface area contributed by atoms with Crippen LogP contribution in [0.25, 0.3) is 0 Å². The van der Waals surface area contributed by atoms with Gasteiger partial charge in [0.05, 0.1) is 17.5 Å². The molecule has 0 saturated carbocycles. The number of pyridine rings is 1. The molecule has 0 aliphatic rings. The Morgan fingerprint density at radius 2 is 2.00 bits per heavy atom. The van der Waals surface area contributed by atoms with Gasteiger partial charge in [0, 0.05) is 23.9 Å². The molecule has 0 aliphatic carbocycles. The molecule has 0 bridgehead atoms. The number of aromatic nitrogens is 1. The van der Waals surface area contributed by atoms with Crippen molar-refractivity contribution in [3.05, 3.63) is 58.9 Å². The van der Waals surface area contributed by atoms with Crippen molar-refractivity contribution in [2.75, 3.05) is 6.61 Å². The van der Waals surface area contributed by atoms with Gasteiger partial charge in [-0.3, -0.25) is 4.98 Å². The highest BCUT2D eigenvalue weighted by Gasteiger charge is 2.07.